The number of nitrogens with zero attached hydrogens (tertiary/aromatic N) is 3. The third kappa shape index (κ3) is 3.70. The van der Waals surface area contributed by atoms with Crippen molar-refractivity contribution >= 4 is 17.7 Å². The molecular weight excluding hydrogens is 304 g/mol. The number of carbonyl (C=O) groups is 2. The molecule has 0 saturated carbocycles. The Bertz CT molecular complexity index is 854. The van der Waals surface area contributed by atoms with Gasteiger partial charge in [-0.15, -0.1) is 0 Å². The second-order valence-electron chi connectivity index (χ2n) is 4.63. The number of esters is 1. The van der Waals surface area contributed by atoms with Gasteiger partial charge in [-0.3, -0.25) is 23.7 Å². The summed E-state index contributed by atoms with van der Waals surface area (Å²) in [7, 11) is 2.73. The lowest BCUT2D eigenvalue weighted by atomic mass is 10.3. The highest BCUT2D eigenvalue weighted by Crippen LogP contribution is 2.01. The van der Waals surface area contributed by atoms with E-state index in [0.29, 0.717) is 0 Å². The molecule has 2 heterocycles. The molecule has 9 nitrogen and oxygen atoms in total. The number of hydrogen-bond donors (Lipinski definition) is 1. The number of ether oxygens (including phenoxy) is 1. The van der Waals surface area contributed by atoms with Crippen LogP contribution in [0.25, 0.3) is 0 Å². The first-order chi connectivity index (χ1) is 10.9. The zero-order valence-corrected chi connectivity index (χ0v) is 12.5. The third-order valence-electron chi connectivity index (χ3n) is 3.03. The summed E-state index contributed by atoms with van der Waals surface area (Å²) >= 11 is 0. The lowest BCUT2D eigenvalue weighted by Gasteiger charge is -2.10. The largest absolute Gasteiger partial charge is 0.452 e. The molecule has 2 aromatic heterocycles. The van der Waals surface area contributed by atoms with E-state index in [4.69, 9.17) is 4.74 Å². The molecule has 0 aliphatic carbocycles. The zero-order valence-electron chi connectivity index (χ0n) is 12.5. The molecular formula is C14H14N4O5. The monoisotopic (exact) mass is 318 g/mol. The van der Waals surface area contributed by atoms with E-state index in [0.717, 1.165) is 15.2 Å². The van der Waals surface area contributed by atoms with Crippen molar-refractivity contribution in [3.05, 3.63) is 57.0 Å². The highest BCUT2D eigenvalue weighted by atomic mass is 16.5. The topological polar surface area (TPSA) is 112 Å². The van der Waals surface area contributed by atoms with Gasteiger partial charge in [-0.1, -0.05) is 0 Å². The van der Waals surface area contributed by atoms with Gasteiger partial charge in [0.25, 0.3) is 11.5 Å². The summed E-state index contributed by atoms with van der Waals surface area (Å²) in [6, 6.07) is 4.16. The standard InChI is InChI=1S/C14H14N4O5/c1-17-10(6-12(20)18(2)14(17)22)16-11(19)8-23-13(21)9-4-3-5-15-7-9/h3-7H,8H2,1-2H3,(H,16,19). The summed E-state index contributed by atoms with van der Waals surface area (Å²) in [6.45, 7) is -0.558. The van der Waals surface area contributed by atoms with Gasteiger partial charge >= 0.3 is 11.7 Å². The van der Waals surface area contributed by atoms with Gasteiger partial charge in [0.05, 0.1) is 5.56 Å². The Balaban J connectivity index is 2.02. The van der Waals surface area contributed by atoms with Crippen LogP contribution in [0, 0.1) is 0 Å². The molecule has 0 aliphatic heterocycles. The highest BCUT2D eigenvalue weighted by Gasteiger charge is 2.12. The SMILES string of the molecule is Cn1c(NC(=O)COC(=O)c2cccnc2)cc(=O)n(C)c1=O. The molecule has 0 bridgehead atoms. The zero-order chi connectivity index (χ0) is 17.0. The number of anilines is 1. The van der Waals surface area contributed by atoms with E-state index in [2.05, 4.69) is 10.3 Å². The first-order valence-electron chi connectivity index (χ1n) is 6.54. The van der Waals surface area contributed by atoms with Gasteiger partial charge in [0.2, 0.25) is 0 Å². The van der Waals surface area contributed by atoms with E-state index < -0.39 is 29.7 Å². The minimum atomic E-state index is -0.703. The molecule has 2 rings (SSSR count). The van der Waals surface area contributed by atoms with Crippen LogP contribution < -0.4 is 16.6 Å². The third-order valence-corrected chi connectivity index (χ3v) is 3.03. The number of amides is 1. The fourth-order valence-corrected chi connectivity index (χ4v) is 1.73. The summed E-state index contributed by atoms with van der Waals surface area (Å²) in [5.74, 6) is -1.36. The van der Waals surface area contributed by atoms with E-state index >= 15 is 0 Å². The molecule has 0 aliphatic rings. The second kappa shape index (κ2) is 6.69. The molecule has 0 fully saturated rings. The number of pyridine rings is 1. The van der Waals surface area contributed by atoms with Crippen LogP contribution in [0.3, 0.4) is 0 Å². The molecule has 0 spiro atoms. The minimum absolute atomic E-state index is 0.0144. The average molecular weight is 318 g/mol. The molecule has 23 heavy (non-hydrogen) atoms. The van der Waals surface area contributed by atoms with E-state index in [1.54, 1.807) is 6.07 Å². The predicted octanol–water partition coefficient (Wildman–Crippen LogP) is -0.725. The highest BCUT2D eigenvalue weighted by molar-refractivity contribution is 5.94. The van der Waals surface area contributed by atoms with Crippen molar-refractivity contribution in [3.63, 3.8) is 0 Å². The van der Waals surface area contributed by atoms with E-state index in [1.165, 1.54) is 32.6 Å². The Morgan fingerprint density at radius 3 is 2.65 bits per heavy atom. The van der Waals surface area contributed by atoms with Crippen molar-refractivity contribution in [2.45, 2.75) is 0 Å². The first-order valence-corrected chi connectivity index (χ1v) is 6.54. The lowest BCUT2D eigenvalue weighted by Crippen LogP contribution is -2.38. The van der Waals surface area contributed by atoms with Gasteiger partial charge in [-0.05, 0) is 12.1 Å². The number of rotatable bonds is 4. The average Bonchev–Trinajstić information content (AvgIpc) is 2.56. The molecule has 1 amide bonds. The number of nitrogens with one attached hydrogen (secondary N) is 1. The lowest BCUT2D eigenvalue weighted by molar-refractivity contribution is -0.119. The van der Waals surface area contributed by atoms with Gasteiger partial charge in [0.1, 0.15) is 5.82 Å². The fraction of sp³-hybridized carbons (Fsp3) is 0.214. The van der Waals surface area contributed by atoms with Crippen molar-refractivity contribution in [2.24, 2.45) is 14.1 Å². The smallest absolute Gasteiger partial charge is 0.340 e. The van der Waals surface area contributed by atoms with Crippen LogP contribution in [-0.2, 0) is 23.6 Å². The van der Waals surface area contributed by atoms with Crippen LogP contribution in [0.4, 0.5) is 5.82 Å². The maximum absolute atomic E-state index is 11.8. The van der Waals surface area contributed by atoms with Crippen LogP contribution in [0.2, 0.25) is 0 Å². The Morgan fingerprint density at radius 1 is 1.26 bits per heavy atom. The minimum Gasteiger partial charge on any atom is -0.452 e. The summed E-state index contributed by atoms with van der Waals surface area (Å²) in [5.41, 5.74) is -0.933. The maximum Gasteiger partial charge on any atom is 0.340 e. The summed E-state index contributed by atoms with van der Waals surface area (Å²) in [6.07, 6.45) is 2.81. The van der Waals surface area contributed by atoms with Gasteiger partial charge < -0.3 is 10.1 Å². The molecule has 0 unspecified atom stereocenters. The number of hydrogen-bond acceptors (Lipinski definition) is 6. The van der Waals surface area contributed by atoms with Crippen molar-refractivity contribution in [1.82, 2.24) is 14.1 Å². The fourth-order valence-electron chi connectivity index (χ4n) is 1.73. The summed E-state index contributed by atoms with van der Waals surface area (Å²) in [4.78, 5) is 50.5. The molecule has 120 valence electrons. The van der Waals surface area contributed by atoms with Gasteiger partial charge in [0.15, 0.2) is 6.61 Å². The predicted molar refractivity (Wildman–Crippen MR) is 80.1 cm³/mol. The molecule has 0 radical (unpaired) electrons. The normalized spacial score (nSPS) is 10.2. The molecule has 2 aromatic rings. The Kier molecular flexibility index (Phi) is 4.69. The van der Waals surface area contributed by atoms with Crippen LogP contribution in [0.1, 0.15) is 10.4 Å². The van der Waals surface area contributed by atoms with Crippen molar-refractivity contribution < 1.29 is 14.3 Å². The number of aromatic nitrogens is 3. The number of carbonyl (C=O) groups excluding carboxylic acids is 2. The maximum atomic E-state index is 11.8. The molecule has 0 saturated heterocycles. The molecule has 9 heteroatoms. The van der Waals surface area contributed by atoms with Crippen LogP contribution in [-0.4, -0.2) is 32.6 Å². The van der Waals surface area contributed by atoms with Crippen LogP contribution >= 0.6 is 0 Å². The van der Waals surface area contributed by atoms with Crippen molar-refractivity contribution in [2.75, 3.05) is 11.9 Å². The van der Waals surface area contributed by atoms with E-state index in [1.807, 2.05) is 0 Å². The van der Waals surface area contributed by atoms with Crippen molar-refractivity contribution in [3.8, 4) is 0 Å². The van der Waals surface area contributed by atoms with Crippen molar-refractivity contribution in [1.29, 1.82) is 0 Å². The van der Waals surface area contributed by atoms with Crippen LogP contribution in [0.5, 0.6) is 0 Å². The van der Waals surface area contributed by atoms with Gasteiger partial charge in [0, 0.05) is 32.6 Å². The molecule has 0 atom stereocenters. The molecule has 1 N–H and O–H groups in total. The summed E-state index contributed by atoms with van der Waals surface area (Å²) in [5, 5.41) is 2.34. The van der Waals surface area contributed by atoms with Crippen LogP contribution in [0.15, 0.2) is 40.2 Å². The summed E-state index contributed by atoms with van der Waals surface area (Å²) < 4.78 is 6.82. The van der Waals surface area contributed by atoms with E-state index in [-0.39, 0.29) is 11.4 Å². The quantitative estimate of drug-likeness (QED) is 0.744. The Labute approximate surface area is 130 Å². The van der Waals surface area contributed by atoms with E-state index in [9.17, 15) is 19.2 Å². The van der Waals surface area contributed by atoms with Gasteiger partial charge in [-0.25, -0.2) is 9.59 Å². The Hall–Kier alpha value is -3.23. The molecule has 0 aromatic carbocycles. The first kappa shape index (κ1) is 16.1. The van der Waals surface area contributed by atoms with Gasteiger partial charge in [-0.2, -0.15) is 0 Å². The second-order valence-corrected chi connectivity index (χ2v) is 4.63. The Morgan fingerprint density at radius 2 is 2.00 bits per heavy atom.